The summed E-state index contributed by atoms with van der Waals surface area (Å²) in [6, 6.07) is 0. The molecular weight excluding hydrogens is 278 g/mol. The zero-order valence-corrected chi connectivity index (χ0v) is 10.4. The fourth-order valence-corrected chi connectivity index (χ4v) is 1.09. The Labute approximate surface area is 112 Å². The minimum absolute atomic E-state index is 0.0235. The van der Waals surface area contributed by atoms with Crippen molar-refractivity contribution in [2.75, 3.05) is 13.2 Å². The van der Waals surface area contributed by atoms with Gasteiger partial charge in [0.2, 0.25) is 0 Å². The van der Waals surface area contributed by atoms with Crippen molar-refractivity contribution in [3.05, 3.63) is 11.8 Å². The van der Waals surface area contributed by atoms with E-state index in [0.717, 1.165) is 0 Å². The summed E-state index contributed by atoms with van der Waals surface area (Å²) < 4.78 is 5.46. The first-order valence-corrected chi connectivity index (χ1v) is 5.11. The molecule has 0 saturated heterocycles. The van der Waals surface area contributed by atoms with E-state index in [1.165, 1.54) is 17.9 Å². The van der Waals surface area contributed by atoms with E-state index in [0.29, 0.717) is 0 Å². The molecule has 6 N–H and O–H groups in total. The van der Waals surface area contributed by atoms with Gasteiger partial charge in [-0.3, -0.25) is 14.3 Å². The van der Waals surface area contributed by atoms with Crippen LogP contribution in [0.3, 0.4) is 0 Å². The average Bonchev–Trinajstić information content (AvgIpc) is 2.65. The van der Waals surface area contributed by atoms with Crippen molar-refractivity contribution in [3.8, 4) is 5.88 Å². The highest BCUT2D eigenvalue weighted by molar-refractivity contribution is 5.96. The fourth-order valence-electron chi connectivity index (χ4n) is 1.09. The van der Waals surface area contributed by atoms with Gasteiger partial charge in [-0.2, -0.15) is 0 Å². The molecule has 0 unspecified atom stereocenters. The summed E-state index contributed by atoms with van der Waals surface area (Å²) in [5.74, 6) is -1.08. The van der Waals surface area contributed by atoms with E-state index in [1.807, 2.05) is 0 Å². The first kappa shape index (κ1) is 17.8. The Balaban J connectivity index is 0.00000110. The summed E-state index contributed by atoms with van der Waals surface area (Å²) in [7, 11) is 1.48. The van der Waals surface area contributed by atoms with Crippen LogP contribution in [-0.4, -0.2) is 67.0 Å². The van der Waals surface area contributed by atoms with Gasteiger partial charge in [-0.25, -0.2) is 0 Å². The topological polar surface area (TPSA) is 174 Å². The van der Waals surface area contributed by atoms with Crippen molar-refractivity contribution in [2.24, 2.45) is 7.05 Å². The van der Waals surface area contributed by atoms with Crippen LogP contribution in [-0.2, 0) is 11.8 Å². The molecule has 0 radical (unpaired) electrons. The number of hydrogen-bond donors (Lipinski definition) is 6. The summed E-state index contributed by atoms with van der Waals surface area (Å²) in [6.45, 7) is -0.470. The molecule has 114 valence electrons. The highest BCUT2D eigenvalue weighted by Crippen LogP contribution is 2.18. The second kappa shape index (κ2) is 8.06. The van der Waals surface area contributed by atoms with Gasteiger partial charge in [0.05, 0.1) is 6.61 Å². The van der Waals surface area contributed by atoms with E-state index >= 15 is 0 Å². The van der Waals surface area contributed by atoms with Crippen molar-refractivity contribution < 1.29 is 39.9 Å². The molecule has 0 aliphatic carbocycles. The maximum atomic E-state index is 11.5. The molecule has 0 aromatic carbocycles. The summed E-state index contributed by atoms with van der Waals surface area (Å²) in [5, 5.41) is 47.3. The van der Waals surface area contributed by atoms with Gasteiger partial charge in [0.15, 0.2) is 0 Å². The lowest BCUT2D eigenvalue weighted by atomic mass is 10.3. The first-order valence-electron chi connectivity index (χ1n) is 5.11. The number of hydrogen-bond acceptors (Lipinski definition) is 8. The molecule has 0 fully saturated rings. The second-order valence-electron chi connectivity index (χ2n) is 3.28. The Morgan fingerprint density at radius 2 is 2.10 bits per heavy atom. The molecule has 0 aliphatic rings. The molecule has 1 heterocycles. The van der Waals surface area contributed by atoms with Crippen LogP contribution in [0.25, 0.3) is 0 Å². The van der Waals surface area contributed by atoms with Gasteiger partial charge in [-0.05, 0) is 0 Å². The molecule has 1 aromatic heterocycles. The van der Waals surface area contributed by atoms with Crippen LogP contribution in [0.1, 0.15) is 10.4 Å². The fraction of sp³-hybridized carbons (Fsp3) is 0.444. The maximum absolute atomic E-state index is 11.5. The number of aliphatic hydroxyl groups excluding tert-OH is 1. The summed E-state index contributed by atoms with van der Waals surface area (Å²) in [5.41, 5.74) is -0.109. The van der Waals surface area contributed by atoms with Crippen LogP contribution in [0.5, 0.6) is 5.88 Å². The number of aromatic nitrogens is 2. The molecule has 11 nitrogen and oxygen atoms in total. The zero-order chi connectivity index (χ0) is 15.8. The first-order chi connectivity index (χ1) is 9.25. The van der Waals surface area contributed by atoms with E-state index in [9.17, 15) is 4.79 Å². The van der Waals surface area contributed by atoms with Crippen molar-refractivity contribution in [2.45, 2.75) is 6.16 Å². The normalized spacial score (nSPS) is 10.2. The van der Waals surface area contributed by atoms with Gasteiger partial charge < -0.3 is 35.6 Å². The number of rotatable bonds is 5. The van der Waals surface area contributed by atoms with Gasteiger partial charge in [0.25, 0.3) is 18.3 Å². The third kappa shape index (κ3) is 6.65. The van der Waals surface area contributed by atoms with E-state index in [-0.39, 0.29) is 25.2 Å². The van der Waals surface area contributed by atoms with Crippen LogP contribution >= 0.6 is 0 Å². The number of carboxylic acid groups (broad SMARTS) is 1. The number of aryl methyl sites for hydroxylation is 1. The van der Waals surface area contributed by atoms with Crippen molar-refractivity contribution in [3.63, 3.8) is 0 Å². The Hall–Kier alpha value is -2.21. The highest BCUT2D eigenvalue weighted by atomic mass is 16.9. The number of carbonyl (C=O) groups excluding carboxylic acids is 1. The Bertz CT molecular complexity index is 439. The van der Waals surface area contributed by atoms with E-state index < -0.39 is 17.9 Å². The lowest BCUT2D eigenvalue weighted by molar-refractivity contribution is -0.420. The highest BCUT2D eigenvalue weighted by Gasteiger charge is 2.27. The van der Waals surface area contributed by atoms with Crippen molar-refractivity contribution >= 4 is 12.4 Å². The van der Waals surface area contributed by atoms with Crippen molar-refractivity contribution in [1.82, 2.24) is 15.1 Å². The Morgan fingerprint density at radius 3 is 2.55 bits per heavy atom. The zero-order valence-electron chi connectivity index (χ0n) is 10.4. The molecule has 0 atom stereocenters. The van der Waals surface area contributed by atoms with Crippen LogP contribution in [0.15, 0.2) is 6.20 Å². The maximum Gasteiger partial charge on any atom is 0.454 e. The van der Waals surface area contributed by atoms with Gasteiger partial charge >= 0.3 is 6.16 Å². The molecule has 1 aromatic rings. The smallest absolute Gasteiger partial charge is 0.454 e. The summed E-state index contributed by atoms with van der Waals surface area (Å²) in [6.07, 6.45) is -2.16. The van der Waals surface area contributed by atoms with E-state index in [1.54, 1.807) is 0 Å². The third-order valence-corrected chi connectivity index (χ3v) is 1.67. The molecule has 11 heteroatoms. The SMILES string of the molecule is Cn1cc(C(=O)NCCO)c(OC(O)(O)O)n1.O=CO. The predicted molar refractivity (Wildman–Crippen MR) is 61.3 cm³/mol. The van der Waals surface area contributed by atoms with E-state index in [4.69, 9.17) is 30.3 Å². The van der Waals surface area contributed by atoms with Gasteiger partial charge in [-0.15, -0.1) is 5.10 Å². The number of ether oxygens (including phenoxy) is 1. The molecular formula is C9H15N3O8. The summed E-state index contributed by atoms with van der Waals surface area (Å²) in [4.78, 5) is 19.9. The van der Waals surface area contributed by atoms with Gasteiger partial charge in [0, 0.05) is 19.8 Å². The predicted octanol–water partition coefficient (Wildman–Crippen LogP) is -3.19. The van der Waals surface area contributed by atoms with Gasteiger partial charge in [0.1, 0.15) is 5.56 Å². The molecule has 0 aliphatic heterocycles. The van der Waals surface area contributed by atoms with Crippen LogP contribution in [0.4, 0.5) is 0 Å². The quantitative estimate of drug-likeness (QED) is 0.241. The summed E-state index contributed by atoms with van der Waals surface area (Å²) >= 11 is 0. The number of amides is 1. The van der Waals surface area contributed by atoms with E-state index in [2.05, 4.69) is 15.2 Å². The third-order valence-electron chi connectivity index (χ3n) is 1.67. The molecule has 0 bridgehead atoms. The number of aliphatic hydroxyl groups is 4. The second-order valence-corrected chi connectivity index (χ2v) is 3.28. The lowest BCUT2D eigenvalue weighted by Crippen LogP contribution is -2.36. The molecule has 0 saturated carbocycles. The van der Waals surface area contributed by atoms with Crippen molar-refractivity contribution in [1.29, 1.82) is 0 Å². The molecule has 20 heavy (non-hydrogen) atoms. The lowest BCUT2D eigenvalue weighted by Gasteiger charge is -2.13. The Kier molecular flexibility index (Phi) is 7.17. The number of nitrogens with one attached hydrogen (secondary N) is 1. The molecule has 0 spiro atoms. The standard InChI is InChI=1S/C8H13N3O6.CH2O2/c1-11-4-5(6(13)9-2-3-12)7(10-11)17-8(14,15)16;2-1-3/h4,12,14-16H,2-3H2,1H3,(H,9,13);1H,(H,2,3). The van der Waals surface area contributed by atoms with Gasteiger partial charge in [-0.1, -0.05) is 0 Å². The number of nitrogens with zero attached hydrogens (tertiary/aromatic N) is 2. The largest absolute Gasteiger partial charge is 0.483 e. The molecule has 1 rings (SSSR count). The Morgan fingerprint density at radius 1 is 1.55 bits per heavy atom. The van der Waals surface area contributed by atoms with Crippen LogP contribution < -0.4 is 10.1 Å². The molecule has 1 amide bonds. The van der Waals surface area contributed by atoms with Crippen LogP contribution in [0, 0.1) is 0 Å². The van der Waals surface area contributed by atoms with Crippen LogP contribution in [0.2, 0.25) is 0 Å². The average molecular weight is 293 g/mol. The minimum atomic E-state index is -3.42. The monoisotopic (exact) mass is 293 g/mol. The number of carbonyl (C=O) groups is 2. The minimum Gasteiger partial charge on any atom is -0.483 e.